The van der Waals surface area contributed by atoms with Gasteiger partial charge in [0.25, 0.3) is 0 Å². The number of anilines is 1. The molecule has 0 fully saturated rings. The van der Waals surface area contributed by atoms with Crippen molar-refractivity contribution in [3.8, 4) is 11.5 Å². The van der Waals surface area contributed by atoms with Gasteiger partial charge in [0.05, 0.1) is 19.6 Å². The van der Waals surface area contributed by atoms with Crippen LogP contribution >= 0.6 is 0 Å². The van der Waals surface area contributed by atoms with Crippen molar-refractivity contribution in [2.75, 3.05) is 19.0 Å². The summed E-state index contributed by atoms with van der Waals surface area (Å²) in [6, 6.07) is 11.9. The van der Waals surface area contributed by atoms with E-state index in [1.807, 2.05) is 44.2 Å². The molecule has 1 atom stereocenters. The van der Waals surface area contributed by atoms with E-state index in [4.69, 9.17) is 9.47 Å². The second kappa shape index (κ2) is 6.32. The first-order valence-electron chi connectivity index (χ1n) is 7.83. The van der Waals surface area contributed by atoms with Gasteiger partial charge in [0, 0.05) is 5.69 Å². The SMILES string of the molecule is CCOc1ccc(C[C@@H]2C(=O)Nc3ccc(C)cc32)cc1OC. The second-order valence-electron chi connectivity index (χ2n) is 5.75. The first-order chi connectivity index (χ1) is 11.1. The number of benzene rings is 2. The molecular formula is C19H21NO3. The minimum atomic E-state index is -0.160. The number of hydrogen-bond acceptors (Lipinski definition) is 3. The van der Waals surface area contributed by atoms with Gasteiger partial charge in [0.2, 0.25) is 5.91 Å². The average Bonchev–Trinajstić information content (AvgIpc) is 2.84. The third kappa shape index (κ3) is 3.02. The number of rotatable bonds is 5. The monoisotopic (exact) mass is 311 g/mol. The van der Waals surface area contributed by atoms with Crippen molar-refractivity contribution < 1.29 is 14.3 Å². The number of amides is 1. The zero-order valence-corrected chi connectivity index (χ0v) is 13.7. The molecule has 0 bridgehead atoms. The highest BCUT2D eigenvalue weighted by molar-refractivity contribution is 6.03. The summed E-state index contributed by atoms with van der Waals surface area (Å²) in [7, 11) is 1.63. The number of carbonyl (C=O) groups excluding carboxylic acids is 1. The summed E-state index contributed by atoms with van der Waals surface area (Å²) in [4.78, 5) is 12.3. The highest BCUT2D eigenvalue weighted by atomic mass is 16.5. The molecule has 4 heteroatoms. The Morgan fingerprint density at radius 3 is 2.70 bits per heavy atom. The zero-order chi connectivity index (χ0) is 16.4. The Morgan fingerprint density at radius 1 is 1.13 bits per heavy atom. The smallest absolute Gasteiger partial charge is 0.232 e. The van der Waals surface area contributed by atoms with Crippen LogP contribution in [-0.4, -0.2) is 19.6 Å². The molecule has 0 aliphatic carbocycles. The first kappa shape index (κ1) is 15.4. The molecule has 0 unspecified atom stereocenters. The predicted molar refractivity (Wildman–Crippen MR) is 90.4 cm³/mol. The number of carbonyl (C=O) groups is 1. The van der Waals surface area contributed by atoms with Gasteiger partial charge >= 0.3 is 0 Å². The van der Waals surface area contributed by atoms with Crippen LogP contribution < -0.4 is 14.8 Å². The van der Waals surface area contributed by atoms with Crippen molar-refractivity contribution >= 4 is 11.6 Å². The lowest BCUT2D eigenvalue weighted by atomic mass is 9.92. The maximum Gasteiger partial charge on any atom is 0.232 e. The normalized spacial score (nSPS) is 16.0. The molecule has 23 heavy (non-hydrogen) atoms. The maximum absolute atomic E-state index is 12.3. The summed E-state index contributed by atoms with van der Waals surface area (Å²) >= 11 is 0. The Bertz CT molecular complexity index is 739. The highest BCUT2D eigenvalue weighted by Gasteiger charge is 2.30. The van der Waals surface area contributed by atoms with Crippen LogP contribution in [-0.2, 0) is 11.2 Å². The Morgan fingerprint density at radius 2 is 1.96 bits per heavy atom. The third-order valence-corrected chi connectivity index (χ3v) is 4.12. The zero-order valence-electron chi connectivity index (χ0n) is 13.7. The van der Waals surface area contributed by atoms with Gasteiger partial charge in [-0.15, -0.1) is 0 Å². The van der Waals surface area contributed by atoms with Gasteiger partial charge in [-0.1, -0.05) is 23.8 Å². The fourth-order valence-electron chi connectivity index (χ4n) is 3.00. The molecular weight excluding hydrogens is 290 g/mol. The van der Waals surface area contributed by atoms with Crippen LogP contribution in [0.4, 0.5) is 5.69 Å². The number of methoxy groups -OCH3 is 1. The van der Waals surface area contributed by atoms with E-state index in [0.29, 0.717) is 18.8 Å². The fraction of sp³-hybridized carbons (Fsp3) is 0.316. The molecule has 0 aromatic heterocycles. The van der Waals surface area contributed by atoms with Crippen molar-refractivity contribution in [1.82, 2.24) is 0 Å². The molecule has 3 rings (SSSR count). The Hall–Kier alpha value is -2.49. The van der Waals surface area contributed by atoms with Gasteiger partial charge in [-0.05, 0) is 49.6 Å². The maximum atomic E-state index is 12.3. The van der Waals surface area contributed by atoms with E-state index in [9.17, 15) is 4.79 Å². The van der Waals surface area contributed by atoms with Gasteiger partial charge in [0.15, 0.2) is 11.5 Å². The summed E-state index contributed by atoms with van der Waals surface area (Å²) in [5.41, 5.74) is 4.21. The van der Waals surface area contributed by atoms with E-state index in [2.05, 4.69) is 11.4 Å². The molecule has 2 aromatic rings. The molecule has 1 aliphatic rings. The van der Waals surface area contributed by atoms with Gasteiger partial charge in [-0.3, -0.25) is 4.79 Å². The van der Waals surface area contributed by atoms with Crippen molar-refractivity contribution in [3.05, 3.63) is 53.1 Å². The van der Waals surface area contributed by atoms with E-state index >= 15 is 0 Å². The van der Waals surface area contributed by atoms with Crippen LogP contribution in [0, 0.1) is 6.92 Å². The van der Waals surface area contributed by atoms with Crippen molar-refractivity contribution in [2.45, 2.75) is 26.2 Å². The molecule has 0 radical (unpaired) electrons. The Balaban J connectivity index is 1.88. The predicted octanol–water partition coefficient (Wildman–Crippen LogP) is 3.68. The first-order valence-corrected chi connectivity index (χ1v) is 7.83. The fourth-order valence-corrected chi connectivity index (χ4v) is 3.00. The summed E-state index contributed by atoms with van der Waals surface area (Å²) in [6.45, 7) is 4.57. The Kier molecular flexibility index (Phi) is 4.24. The lowest BCUT2D eigenvalue weighted by Crippen LogP contribution is -2.14. The number of ether oxygens (including phenoxy) is 2. The van der Waals surface area contributed by atoms with E-state index in [1.54, 1.807) is 7.11 Å². The Labute approximate surface area is 136 Å². The highest BCUT2D eigenvalue weighted by Crippen LogP contribution is 2.37. The number of fused-ring (bicyclic) bond motifs is 1. The van der Waals surface area contributed by atoms with Crippen LogP contribution in [0.5, 0.6) is 11.5 Å². The van der Waals surface area contributed by atoms with E-state index in [0.717, 1.165) is 28.1 Å². The second-order valence-corrected chi connectivity index (χ2v) is 5.75. The quantitative estimate of drug-likeness (QED) is 0.916. The standard InChI is InChI=1S/C19H21NO3/c1-4-23-17-8-6-13(11-18(17)22-3)10-15-14-9-12(2)5-7-16(14)20-19(15)21/h5-9,11,15H,4,10H2,1-3H3,(H,20,21)/t15-/m0/s1. The number of nitrogens with one attached hydrogen (secondary N) is 1. The molecule has 0 spiro atoms. The van der Waals surface area contributed by atoms with Crippen LogP contribution in [0.2, 0.25) is 0 Å². The lowest BCUT2D eigenvalue weighted by Gasteiger charge is -2.13. The van der Waals surface area contributed by atoms with Gasteiger partial charge in [-0.2, -0.15) is 0 Å². The lowest BCUT2D eigenvalue weighted by molar-refractivity contribution is -0.117. The molecule has 1 aliphatic heterocycles. The largest absolute Gasteiger partial charge is 0.493 e. The number of hydrogen-bond donors (Lipinski definition) is 1. The molecule has 1 heterocycles. The molecule has 0 saturated heterocycles. The summed E-state index contributed by atoms with van der Waals surface area (Å²) < 4.78 is 10.9. The molecule has 2 aromatic carbocycles. The minimum Gasteiger partial charge on any atom is -0.493 e. The van der Waals surface area contributed by atoms with E-state index in [1.165, 1.54) is 0 Å². The molecule has 1 N–H and O–H groups in total. The topological polar surface area (TPSA) is 47.6 Å². The number of aryl methyl sites for hydroxylation is 1. The van der Waals surface area contributed by atoms with Crippen LogP contribution in [0.3, 0.4) is 0 Å². The van der Waals surface area contributed by atoms with Crippen LogP contribution in [0.25, 0.3) is 0 Å². The van der Waals surface area contributed by atoms with Gasteiger partial charge in [0.1, 0.15) is 0 Å². The van der Waals surface area contributed by atoms with Crippen molar-refractivity contribution in [2.24, 2.45) is 0 Å². The molecule has 120 valence electrons. The summed E-state index contributed by atoms with van der Waals surface area (Å²) in [6.07, 6.45) is 0.644. The molecule has 0 saturated carbocycles. The van der Waals surface area contributed by atoms with Crippen molar-refractivity contribution in [1.29, 1.82) is 0 Å². The van der Waals surface area contributed by atoms with Crippen molar-refractivity contribution in [3.63, 3.8) is 0 Å². The van der Waals surface area contributed by atoms with Gasteiger partial charge < -0.3 is 14.8 Å². The molecule has 1 amide bonds. The summed E-state index contributed by atoms with van der Waals surface area (Å²) in [5, 5.41) is 2.96. The third-order valence-electron chi connectivity index (χ3n) is 4.12. The average molecular weight is 311 g/mol. The van der Waals surface area contributed by atoms with Crippen LogP contribution in [0.15, 0.2) is 36.4 Å². The van der Waals surface area contributed by atoms with E-state index < -0.39 is 0 Å². The van der Waals surface area contributed by atoms with Crippen LogP contribution in [0.1, 0.15) is 29.5 Å². The minimum absolute atomic E-state index is 0.0541. The van der Waals surface area contributed by atoms with E-state index in [-0.39, 0.29) is 11.8 Å². The molecule has 4 nitrogen and oxygen atoms in total. The van der Waals surface area contributed by atoms with Gasteiger partial charge in [-0.25, -0.2) is 0 Å². The summed E-state index contributed by atoms with van der Waals surface area (Å²) in [5.74, 6) is 1.32.